The molecule has 0 saturated heterocycles. The molecule has 0 radical (unpaired) electrons. The van der Waals surface area contributed by atoms with E-state index in [1.165, 1.54) is 19.1 Å². The van der Waals surface area contributed by atoms with Crippen LogP contribution in [0.1, 0.15) is 24.2 Å². The van der Waals surface area contributed by atoms with Crippen LogP contribution in [0.5, 0.6) is 5.75 Å². The van der Waals surface area contributed by atoms with E-state index < -0.39 is 11.9 Å². The molecule has 0 aliphatic heterocycles. The van der Waals surface area contributed by atoms with E-state index >= 15 is 0 Å². The Morgan fingerprint density at radius 1 is 1.38 bits per heavy atom. The van der Waals surface area contributed by atoms with Gasteiger partial charge in [-0.2, -0.15) is 0 Å². The first-order valence-electron chi connectivity index (χ1n) is 4.79. The molecule has 0 bridgehead atoms. The predicted octanol–water partition coefficient (Wildman–Crippen LogP) is 1.37. The van der Waals surface area contributed by atoms with Gasteiger partial charge in [0.05, 0.1) is 6.61 Å². The molecule has 0 spiro atoms. The van der Waals surface area contributed by atoms with Crippen molar-refractivity contribution in [2.75, 3.05) is 12.3 Å². The summed E-state index contributed by atoms with van der Waals surface area (Å²) in [5.74, 6) is -0.944. The van der Waals surface area contributed by atoms with Gasteiger partial charge >= 0.3 is 11.9 Å². The minimum atomic E-state index is -0.543. The monoisotopic (exact) mass is 223 g/mol. The second kappa shape index (κ2) is 5.16. The lowest BCUT2D eigenvalue weighted by atomic mass is 10.2. The third kappa shape index (κ3) is 2.98. The maximum Gasteiger partial charge on any atom is 0.341 e. The predicted molar refractivity (Wildman–Crippen MR) is 58.1 cm³/mol. The number of carbonyl (C=O) groups is 2. The summed E-state index contributed by atoms with van der Waals surface area (Å²) in [5, 5.41) is 0. The van der Waals surface area contributed by atoms with E-state index in [1.54, 1.807) is 13.0 Å². The third-order valence-electron chi connectivity index (χ3n) is 1.75. The topological polar surface area (TPSA) is 78.6 Å². The lowest BCUT2D eigenvalue weighted by molar-refractivity contribution is -0.131. The smallest absolute Gasteiger partial charge is 0.341 e. The zero-order valence-corrected chi connectivity index (χ0v) is 9.15. The third-order valence-corrected chi connectivity index (χ3v) is 1.75. The van der Waals surface area contributed by atoms with Crippen LogP contribution in [0.3, 0.4) is 0 Å². The summed E-state index contributed by atoms with van der Waals surface area (Å²) in [6, 6.07) is 4.42. The number of hydrogen-bond acceptors (Lipinski definition) is 5. The van der Waals surface area contributed by atoms with E-state index in [9.17, 15) is 9.59 Å². The second-order valence-electron chi connectivity index (χ2n) is 3.07. The number of esters is 2. The fourth-order valence-electron chi connectivity index (χ4n) is 1.16. The van der Waals surface area contributed by atoms with Gasteiger partial charge in [0.2, 0.25) is 0 Å². The molecule has 0 fully saturated rings. The first-order valence-corrected chi connectivity index (χ1v) is 4.79. The highest BCUT2D eigenvalue weighted by atomic mass is 16.5. The average Bonchev–Trinajstić information content (AvgIpc) is 2.16. The van der Waals surface area contributed by atoms with Crippen molar-refractivity contribution in [2.24, 2.45) is 0 Å². The second-order valence-corrected chi connectivity index (χ2v) is 3.07. The SMILES string of the molecule is CCOC(=O)c1ccc(N)cc1OC(C)=O. The Morgan fingerprint density at radius 3 is 2.62 bits per heavy atom. The number of nitrogens with two attached hydrogens (primary N) is 1. The van der Waals surface area contributed by atoms with Crippen molar-refractivity contribution in [3.05, 3.63) is 23.8 Å². The molecule has 0 aromatic heterocycles. The highest BCUT2D eigenvalue weighted by Crippen LogP contribution is 2.22. The summed E-state index contributed by atoms with van der Waals surface area (Å²) in [6.45, 7) is 3.20. The van der Waals surface area contributed by atoms with Gasteiger partial charge in [-0.3, -0.25) is 4.79 Å². The first-order chi connectivity index (χ1) is 7.54. The molecule has 16 heavy (non-hydrogen) atoms. The summed E-state index contributed by atoms with van der Waals surface area (Å²) >= 11 is 0. The van der Waals surface area contributed by atoms with Gasteiger partial charge in [-0.25, -0.2) is 4.79 Å². The number of ether oxygens (including phenoxy) is 2. The van der Waals surface area contributed by atoms with Gasteiger partial charge in [0.25, 0.3) is 0 Å². The van der Waals surface area contributed by atoms with Crippen molar-refractivity contribution in [1.82, 2.24) is 0 Å². The van der Waals surface area contributed by atoms with Crippen LogP contribution in [-0.2, 0) is 9.53 Å². The van der Waals surface area contributed by atoms with Gasteiger partial charge in [0.1, 0.15) is 11.3 Å². The maximum atomic E-state index is 11.5. The average molecular weight is 223 g/mol. The Balaban J connectivity index is 3.06. The molecule has 0 amide bonds. The van der Waals surface area contributed by atoms with Gasteiger partial charge in [-0.05, 0) is 19.1 Å². The molecule has 86 valence electrons. The van der Waals surface area contributed by atoms with Crippen LogP contribution in [0.25, 0.3) is 0 Å². The highest BCUT2D eigenvalue weighted by Gasteiger charge is 2.15. The standard InChI is InChI=1S/C11H13NO4/c1-3-15-11(14)9-5-4-8(12)6-10(9)16-7(2)13/h4-6H,3,12H2,1-2H3. The summed E-state index contributed by atoms with van der Waals surface area (Å²) in [7, 11) is 0. The minimum Gasteiger partial charge on any atom is -0.462 e. The summed E-state index contributed by atoms with van der Waals surface area (Å²) < 4.78 is 9.69. The van der Waals surface area contributed by atoms with E-state index in [-0.39, 0.29) is 17.9 Å². The molecule has 5 nitrogen and oxygen atoms in total. The molecule has 0 saturated carbocycles. The van der Waals surface area contributed by atoms with Crippen LogP contribution in [-0.4, -0.2) is 18.5 Å². The summed E-state index contributed by atoms with van der Waals surface area (Å²) in [6.07, 6.45) is 0. The quantitative estimate of drug-likeness (QED) is 0.475. The van der Waals surface area contributed by atoms with Crippen LogP contribution in [0.15, 0.2) is 18.2 Å². The lowest BCUT2D eigenvalue weighted by Gasteiger charge is -2.08. The normalized spacial score (nSPS) is 9.62. The van der Waals surface area contributed by atoms with Crippen molar-refractivity contribution in [3.63, 3.8) is 0 Å². The number of nitrogen functional groups attached to an aromatic ring is 1. The molecule has 2 N–H and O–H groups in total. The van der Waals surface area contributed by atoms with Crippen LogP contribution >= 0.6 is 0 Å². The van der Waals surface area contributed by atoms with E-state index in [1.807, 2.05) is 0 Å². The molecule has 1 aromatic rings. The maximum absolute atomic E-state index is 11.5. The molecular formula is C11H13NO4. The number of anilines is 1. The molecule has 0 unspecified atom stereocenters. The first kappa shape index (κ1) is 12.0. The largest absolute Gasteiger partial charge is 0.462 e. The van der Waals surface area contributed by atoms with Crippen LogP contribution in [0, 0.1) is 0 Å². The Morgan fingerprint density at radius 2 is 2.06 bits per heavy atom. The molecular weight excluding hydrogens is 210 g/mol. The van der Waals surface area contributed by atoms with Crippen molar-refractivity contribution >= 4 is 17.6 Å². The van der Waals surface area contributed by atoms with Gasteiger partial charge in [0, 0.05) is 18.7 Å². The molecule has 5 heteroatoms. The molecule has 0 aliphatic carbocycles. The number of hydrogen-bond donors (Lipinski definition) is 1. The lowest BCUT2D eigenvalue weighted by Crippen LogP contribution is -2.10. The van der Waals surface area contributed by atoms with Crippen molar-refractivity contribution in [2.45, 2.75) is 13.8 Å². The van der Waals surface area contributed by atoms with Gasteiger partial charge in [-0.1, -0.05) is 0 Å². The molecule has 0 atom stereocenters. The van der Waals surface area contributed by atoms with Crippen LogP contribution < -0.4 is 10.5 Å². The van der Waals surface area contributed by atoms with E-state index in [0.29, 0.717) is 5.69 Å². The van der Waals surface area contributed by atoms with Crippen molar-refractivity contribution in [3.8, 4) is 5.75 Å². The van der Waals surface area contributed by atoms with Gasteiger partial charge in [-0.15, -0.1) is 0 Å². The molecule has 0 heterocycles. The Bertz CT molecular complexity index is 414. The summed E-state index contributed by atoms with van der Waals surface area (Å²) in [4.78, 5) is 22.3. The fourth-order valence-corrected chi connectivity index (χ4v) is 1.16. The zero-order valence-electron chi connectivity index (χ0n) is 9.15. The molecule has 1 aromatic carbocycles. The molecule has 0 aliphatic rings. The number of benzene rings is 1. The Hall–Kier alpha value is -2.04. The fraction of sp³-hybridized carbons (Fsp3) is 0.273. The number of carbonyl (C=O) groups excluding carboxylic acids is 2. The van der Waals surface area contributed by atoms with E-state index in [4.69, 9.17) is 15.2 Å². The minimum absolute atomic E-state index is 0.117. The molecule has 1 rings (SSSR count). The zero-order chi connectivity index (χ0) is 12.1. The van der Waals surface area contributed by atoms with Crippen LogP contribution in [0.4, 0.5) is 5.69 Å². The van der Waals surface area contributed by atoms with E-state index in [2.05, 4.69) is 0 Å². The van der Waals surface area contributed by atoms with E-state index in [0.717, 1.165) is 0 Å². The van der Waals surface area contributed by atoms with Crippen molar-refractivity contribution in [1.29, 1.82) is 0 Å². The number of rotatable bonds is 3. The highest BCUT2D eigenvalue weighted by molar-refractivity contribution is 5.94. The van der Waals surface area contributed by atoms with Crippen LogP contribution in [0.2, 0.25) is 0 Å². The Kier molecular flexibility index (Phi) is 3.88. The van der Waals surface area contributed by atoms with Crippen molar-refractivity contribution < 1.29 is 19.1 Å². The Labute approximate surface area is 93.1 Å². The van der Waals surface area contributed by atoms with Gasteiger partial charge in [0.15, 0.2) is 0 Å². The summed E-state index contributed by atoms with van der Waals surface area (Å²) in [5.41, 5.74) is 6.13. The van der Waals surface area contributed by atoms with Gasteiger partial charge < -0.3 is 15.2 Å².